The summed E-state index contributed by atoms with van der Waals surface area (Å²) in [6, 6.07) is -0.672. The molecule has 0 aromatic heterocycles. The van der Waals surface area contributed by atoms with E-state index in [1.807, 2.05) is 0 Å². The second kappa shape index (κ2) is 5.46. The Morgan fingerprint density at radius 2 is 2.21 bits per heavy atom. The van der Waals surface area contributed by atoms with Crippen molar-refractivity contribution in [1.29, 1.82) is 0 Å². The average Bonchev–Trinajstić information content (AvgIpc) is 2.26. The Labute approximate surface area is 81.1 Å². The van der Waals surface area contributed by atoms with E-state index in [1.54, 1.807) is 0 Å². The smallest absolute Gasteiger partial charge is 0.290 e. The third-order valence-corrected chi connectivity index (χ3v) is 1.65. The van der Waals surface area contributed by atoms with Gasteiger partial charge in [0.2, 0.25) is 5.76 Å². The van der Waals surface area contributed by atoms with E-state index < -0.39 is 11.9 Å². The fourth-order valence-corrected chi connectivity index (χ4v) is 0.893. The van der Waals surface area contributed by atoms with Gasteiger partial charge in [-0.05, 0) is 0 Å². The van der Waals surface area contributed by atoms with Crippen molar-refractivity contribution in [3.63, 3.8) is 0 Å². The van der Waals surface area contributed by atoms with Crippen LogP contribution in [-0.2, 0) is 14.3 Å². The van der Waals surface area contributed by atoms with Crippen molar-refractivity contribution in [3.8, 4) is 0 Å². The van der Waals surface area contributed by atoms with Crippen molar-refractivity contribution in [3.05, 3.63) is 12.0 Å². The molecule has 0 spiro atoms. The van der Waals surface area contributed by atoms with Crippen molar-refractivity contribution in [2.75, 3.05) is 26.4 Å². The maximum Gasteiger partial charge on any atom is 0.290 e. The largest absolute Gasteiger partial charge is 0.494 e. The van der Waals surface area contributed by atoms with Crippen LogP contribution >= 0.6 is 0 Å². The quantitative estimate of drug-likeness (QED) is 0.509. The molecular formula is C8H13NO5. The van der Waals surface area contributed by atoms with E-state index in [1.165, 1.54) is 6.26 Å². The summed E-state index contributed by atoms with van der Waals surface area (Å²) in [5.41, 5.74) is 0. The zero-order valence-corrected chi connectivity index (χ0v) is 7.60. The number of amides is 1. The number of nitrogens with one attached hydrogen (secondary N) is 1. The van der Waals surface area contributed by atoms with Gasteiger partial charge in [0.25, 0.3) is 5.91 Å². The van der Waals surface area contributed by atoms with Gasteiger partial charge in [-0.3, -0.25) is 4.79 Å². The second-order valence-corrected chi connectivity index (χ2v) is 2.74. The number of rotatable bonds is 4. The lowest BCUT2D eigenvalue weighted by atomic mass is 10.3. The molecule has 1 amide bonds. The van der Waals surface area contributed by atoms with Crippen LogP contribution in [-0.4, -0.2) is 48.6 Å². The van der Waals surface area contributed by atoms with E-state index in [0.29, 0.717) is 13.2 Å². The Morgan fingerprint density at radius 3 is 2.71 bits per heavy atom. The van der Waals surface area contributed by atoms with Crippen molar-refractivity contribution < 1.29 is 24.5 Å². The molecule has 14 heavy (non-hydrogen) atoms. The molecule has 6 nitrogen and oxygen atoms in total. The van der Waals surface area contributed by atoms with Crippen molar-refractivity contribution in [2.45, 2.75) is 6.04 Å². The lowest BCUT2D eigenvalue weighted by Crippen LogP contribution is -2.41. The van der Waals surface area contributed by atoms with Gasteiger partial charge in [-0.25, -0.2) is 0 Å². The molecule has 0 aliphatic carbocycles. The number of hydrogen-bond donors (Lipinski definition) is 3. The highest BCUT2D eigenvalue weighted by molar-refractivity contribution is 5.91. The highest BCUT2D eigenvalue weighted by Gasteiger charge is 2.17. The van der Waals surface area contributed by atoms with E-state index in [0.717, 1.165) is 0 Å². The molecule has 1 rings (SSSR count). The summed E-state index contributed by atoms with van der Waals surface area (Å²) in [5, 5.41) is 19.8. The van der Waals surface area contributed by atoms with Crippen LogP contribution in [0, 0.1) is 0 Å². The molecule has 0 fully saturated rings. The Morgan fingerprint density at radius 1 is 1.50 bits per heavy atom. The number of hydrogen-bond acceptors (Lipinski definition) is 5. The number of aliphatic hydroxyl groups is 2. The fraction of sp³-hybridized carbons (Fsp3) is 0.625. The van der Waals surface area contributed by atoms with Crippen LogP contribution in [0.2, 0.25) is 0 Å². The number of carbonyl (C=O) groups is 1. The molecule has 80 valence electrons. The van der Waals surface area contributed by atoms with Gasteiger partial charge in [-0.2, -0.15) is 0 Å². The number of carbonyl (C=O) groups excluding carboxylic acids is 1. The van der Waals surface area contributed by atoms with E-state index in [9.17, 15) is 4.79 Å². The molecule has 0 aromatic rings. The van der Waals surface area contributed by atoms with Crippen LogP contribution in [0.5, 0.6) is 0 Å². The normalized spacial score (nSPS) is 15.5. The summed E-state index contributed by atoms with van der Waals surface area (Å²) in [7, 11) is 0. The van der Waals surface area contributed by atoms with Crippen LogP contribution < -0.4 is 5.32 Å². The first-order valence-electron chi connectivity index (χ1n) is 4.25. The van der Waals surface area contributed by atoms with Crippen LogP contribution in [0.1, 0.15) is 0 Å². The number of aliphatic hydroxyl groups excluding tert-OH is 2. The second-order valence-electron chi connectivity index (χ2n) is 2.74. The van der Waals surface area contributed by atoms with Crippen LogP contribution in [0.15, 0.2) is 12.0 Å². The van der Waals surface area contributed by atoms with E-state index in [-0.39, 0.29) is 19.0 Å². The number of ether oxygens (including phenoxy) is 2. The van der Waals surface area contributed by atoms with Gasteiger partial charge in [0.1, 0.15) is 19.5 Å². The third-order valence-electron chi connectivity index (χ3n) is 1.65. The summed E-state index contributed by atoms with van der Waals surface area (Å²) in [6.07, 6.45) is 1.21. The zero-order chi connectivity index (χ0) is 10.4. The molecule has 0 saturated carbocycles. The van der Waals surface area contributed by atoms with Gasteiger partial charge in [0.05, 0.1) is 19.3 Å². The Kier molecular flexibility index (Phi) is 4.21. The summed E-state index contributed by atoms with van der Waals surface area (Å²) in [6.45, 7) is 0.0924. The predicted molar refractivity (Wildman–Crippen MR) is 46.1 cm³/mol. The summed E-state index contributed by atoms with van der Waals surface area (Å²) in [4.78, 5) is 11.3. The van der Waals surface area contributed by atoms with E-state index in [4.69, 9.17) is 19.7 Å². The molecule has 1 aliphatic rings. The van der Waals surface area contributed by atoms with Gasteiger partial charge < -0.3 is 25.0 Å². The molecule has 1 heterocycles. The molecule has 0 saturated heterocycles. The minimum atomic E-state index is -0.672. The van der Waals surface area contributed by atoms with Crippen molar-refractivity contribution in [1.82, 2.24) is 5.32 Å². The highest BCUT2D eigenvalue weighted by atomic mass is 16.6. The minimum Gasteiger partial charge on any atom is -0.494 e. The molecule has 0 atom stereocenters. The van der Waals surface area contributed by atoms with E-state index >= 15 is 0 Å². The summed E-state index contributed by atoms with van der Waals surface area (Å²) >= 11 is 0. The third kappa shape index (κ3) is 2.90. The molecule has 0 aromatic carbocycles. The molecule has 0 unspecified atom stereocenters. The average molecular weight is 203 g/mol. The predicted octanol–water partition coefficient (Wildman–Crippen LogP) is -1.66. The standard InChI is InChI=1S/C8H13NO5/c10-3-6(4-11)9-8(12)7-5-13-1-2-14-7/h5-6,10-11H,1-4H2,(H,9,12). The molecule has 6 heteroatoms. The van der Waals surface area contributed by atoms with Crippen LogP contribution in [0.25, 0.3) is 0 Å². The monoisotopic (exact) mass is 203 g/mol. The maximum absolute atomic E-state index is 11.3. The maximum atomic E-state index is 11.3. The SMILES string of the molecule is O=C(NC(CO)CO)C1=COCCO1. The van der Waals surface area contributed by atoms with Gasteiger partial charge in [-0.15, -0.1) is 0 Å². The summed E-state index contributed by atoms with van der Waals surface area (Å²) < 4.78 is 9.87. The van der Waals surface area contributed by atoms with Crippen LogP contribution in [0.4, 0.5) is 0 Å². The lowest BCUT2D eigenvalue weighted by Gasteiger charge is -2.17. The van der Waals surface area contributed by atoms with E-state index in [2.05, 4.69) is 5.32 Å². The van der Waals surface area contributed by atoms with Gasteiger partial charge in [-0.1, -0.05) is 0 Å². The first-order chi connectivity index (χ1) is 6.77. The lowest BCUT2D eigenvalue weighted by molar-refractivity contribution is -0.123. The van der Waals surface area contributed by atoms with Crippen LogP contribution in [0.3, 0.4) is 0 Å². The van der Waals surface area contributed by atoms with Gasteiger partial charge in [0, 0.05) is 0 Å². The first kappa shape index (κ1) is 10.8. The molecular weight excluding hydrogens is 190 g/mol. The topological polar surface area (TPSA) is 88.0 Å². The zero-order valence-electron chi connectivity index (χ0n) is 7.60. The van der Waals surface area contributed by atoms with Crippen molar-refractivity contribution in [2.24, 2.45) is 0 Å². The molecule has 1 aliphatic heterocycles. The first-order valence-corrected chi connectivity index (χ1v) is 4.25. The summed E-state index contributed by atoms with van der Waals surface area (Å²) in [5.74, 6) is -0.444. The van der Waals surface area contributed by atoms with Gasteiger partial charge in [0.15, 0.2) is 0 Å². The fourth-order valence-electron chi connectivity index (χ4n) is 0.893. The Balaban J connectivity index is 2.44. The Hall–Kier alpha value is -1.27. The molecule has 0 radical (unpaired) electrons. The molecule has 3 N–H and O–H groups in total. The highest BCUT2D eigenvalue weighted by Crippen LogP contribution is 2.04. The molecule has 0 bridgehead atoms. The van der Waals surface area contributed by atoms with Gasteiger partial charge >= 0.3 is 0 Å². The van der Waals surface area contributed by atoms with Crippen molar-refractivity contribution >= 4 is 5.91 Å². The minimum absolute atomic E-state index is 0.0585. The Bertz CT molecular complexity index is 224.